The van der Waals surface area contributed by atoms with Gasteiger partial charge >= 0.3 is 0 Å². The lowest BCUT2D eigenvalue weighted by Gasteiger charge is -2.05. The van der Waals surface area contributed by atoms with E-state index >= 15 is 0 Å². The van der Waals surface area contributed by atoms with Crippen LogP contribution in [0, 0.1) is 6.92 Å². The minimum absolute atomic E-state index is 0.0662. The van der Waals surface area contributed by atoms with Crippen LogP contribution in [0.4, 0.5) is 0 Å². The maximum Gasteiger partial charge on any atom is 0.270 e. The number of hydrogen-bond acceptors (Lipinski definition) is 1. The monoisotopic (exact) mass is 230 g/mol. The van der Waals surface area contributed by atoms with E-state index in [4.69, 9.17) is 0 Å². The van der Waals surface area contributed by atoms with Gasteiger partial charge in [-0.05, 0) is 18.9 Å². The molecule has 1 aromatic carbocycles. The highest BCUT2D eigenvalue weighted by atomic mass is 16.1. The molecule has 1 heterocycles. The van der Waals surface area contributed by atoms with Crippen molar-refractivity contribution in [1.82, 2.24) is 9.78 Å². The summed E-state index contributed by atoms with van der Waals surface area (Å²) in [6.07, 6.45) is 0. The molecule has 17 heavy (non-hydrogen) atoms. The predicted octanol–water partition coefficient (Wildman–Crippen LogP) is 2.81. The second-order valence-corrected chi connectivity index (χ2v) is 4.79. The van der Waals surface area contributed by atoms with Crippen LogP contribution in [0.15, 0.2) is 29.1 Å². The Hall–Kier alpha value is -1.77. The van der Waals surface area contributed by atoms with E-state index in [1.807, 2.05) is 26.0 Å². The van der Waals surface area contributed by atoms with Gasteiger partial charge in [-0.1, -0.05) is 37.6 Å². The maximum atomic E-state index is 12.0. The van der Waals surface area contributed by atoms with E-state index in [0.717, 1.165) is 16.8 Å². The van der Waals surface area contributed by atoms with Crippen LogP contribution in [0.5, 0.6) is 0 Å². The Balaban J connectivity index is 2.68. The van der Waals surface area contributed by atoms with Crippen LogP contribution in [0.1, 0.15) is 30.9 Å². The van der Waals surface area contributed by atoms with E-state index in [9.17, 15) is 4.79 Å². The van der Waals surface area contributed by atoms with Crippen molar-refractivity contribution < 1.29 is 0 Å². The molecule has 0 bridgehead atoms. The third-order valence-corrected chi connectivity index (χ3v) is 2.97. The molecule has 1 N–H and O–H groups in total. The van der Waals surface area contributed by atoms with Crippen LogP contribution in [0.2, 0.25) is 0 Å². The van der Waals surface area contributed by atoms with Gasteiger partial charge in [0.05, 0.1) is 5.69 Å². The van der Waals surface area contributed by atoms with Gasteiger partial charge < -0.3 is 0 Å². The first kappa shape index (κ1) is 11.7. The van der Waals surface area contributed by atoms with Gasteiger partial charge in [0.25, 0.3) is 5.56 Å². The molecule has 3 heteroatoms. The Morgan fingerprint density at radius 3 is 2.59 bits per heavy atom. The fraction of sp³-hybridized carbons (Fsp3) is 0.357. The first-order valence-electron chi connectivity index (χ1n) is 5.86. The molecular weight excluding hydrogens is 212 g/mol. The van der Waals surface area contributed by atoms with Crippen molar-refractivity contribution in [3.05, 3.63) is 45.7 Å². The number of nitrogens with zero attached hydrogens (tertiary/aromatic N) is 1. The van der Waals surface area contributed by atoms with Crippen molar-refractivity contribution in [2.24, 2.45) is 7.05 Å². The van der Waals surface area contributed by atoms with Crippen molar-refractivity contribution in [1.29, 1.82) is 0 Å². The second kappa shape index (κ2) is 4.24. The lowest BCUT2D eigenvalue weighted by atomic mass is 9.98. The highest BCUT2D eigenvalue weighted by Gasteiger charge is 2.16. The Bertz CT molecular complexity index is 591. The summed E-state index contributed by atoms with van der Waals surface area (Å²) in [5, 5.41) is 3.14. The quantitative estimate of drug-likeness (QED) is 0.846. The Kier molecular flexibility index (Phi) is 2.92. The SMILES string of the molecule is Cc1cccc(-c2[nH]n(C)c(=O)c2C(C)C)c1. The number of rotatable bonds is 2. The van der Waals surface area contributed by atoms with Crippen LogP contribution in [0.25, 0.3) is 11.3 Å². The molecule has 0 spiro atoms. The molecule has 2 aromatic rings. The molecule has 0 fully saturated rings. The molecule has 0 aliphatic heterocycles. The fourth-order valence-electron chi connectivity index (χ4n) is 2.12. The summed E-state index contributed by atoms with van der Waals surface area (Å²) >= 11 is 0. The normalized spacial score (nSPS) is 11.1. The third-order valence-electron chi connectivity index (χ3n) is 2.97. The summed E-state index contributed by atoms with van der Waals surface area (Å²) in [6, 6.07) is 8.20. The molecular formula is C14H18N2O. The van der Waals surface area contributed by atoms with Crippen LogP contribution in [-0.4, -0.2) is 9.78 Å². The van der Waals surface area contributed by atoms with Crippen LogP contribution in [-0.2, 0) is 7.05 Å². The largest absolute Gasteiger partial charge is 0.295 e. The van der Waals surface area contributed by atoms with E-state index in [1.165, 1.54) is 5.56 Å². The van der Waals surface area contributed by atoms with Crippen molar-refractivity contribution in [3.63, 3.8) is 0 Å². The molecule has 0 saturated carbocycles. The summed E-state index contributed by atoms with van der Waals surface area (Å²) in [6.45, 7) is 6.15. The molecule has 3 nitrogen and oxygen atoms in total. The molecule has 0 aliphatic carbocycles. The summed E-state index contributed by atoms with van der Waals surface area (Å²) in [5.74, 6) is 0.218. The highest BCUT2D eigenvalue weighted by molar-refractivity contribution is 5.64. The van der Waals surface area contributed by atoms with E-state index in [2.05, 4.69) is 24.2 Å². The van der Waals surface area contributed by atoms with Crippen molar-refractivity contribution in [2.75, 3.05) is 0 Å². The fourth-order valence-corrected chi connectivity index (χ4v) is 2.12. The van der Waals surface area contributed by atoms with Crippen LogP contribution in [0.3, 0.4) is 0 Å². The number of aromatic amines is 1. The summed E-state index contributed by atoms with van der Waals surface area (Å²) in [5.41, 5.74) is 4.14. The smallest absolute Gasteiger partial charge is 0.270 e. The zero-order valence-corrected chi connectivity index (χ0v) is 10.7. The van der Waals surface area contributed by atoms with E-state index < -0.39 is 0 Å². The molecule has 0 aliphatic rings. The van der Waals surface area contributed by atoms with Gasteiger partial charge in [0.1, 0.15) is 0 Å². The van der Waals surface area contributed by atoms with Gasteiger partial charge in [0, 0.05) is 18.2 Å². The molecule has 0 radical (unpaired) electrons. The molecule has 0 amide bonds. The van der Waals surface area contributed by atoms with Gasteiger partial charge in [-0.2, -0.15) is 0 Å². The Morgan fingerprint density at radius 1 is 1.29 bits per heavy atom. The van der Waals surface area contributed by atoms with Crippen LogP contribution >= 0.6 is 0 Å². The molecule has 1 aromatic heterocycles. The highest BCUT2D eigenvalue weighted by Crippen LogP contribution is 2.25. The van der Waals surface area contributed by atoms with Gasteiger partial charge in [-0.15, -0.1) is 0 Å². The Morgan fingerprint density at radius 2 is 2.00 bits per heavy atom. The van der Waals surface area contributed by atoms with Crippen molar-refractivity contribution >= 4 is 0 Å². The zero-order chi connectivity index (χ0) is 12.6. The number of benzene rings is 1. The van der Waals surface area contributed by atoms with Crippen molar-refractivity contribution in [3.8, 4) is 11.3 Å². The van der Waals surface area contributed by atoms with Crippen molar-refractivity contribution in [2.45, 2.75) is 26.7 Å². The molecule has 0 unspecified atom stereocenters. The standard InChI is InChI=1S/C14H18N2O/c1-9(2)12-13(15-16(4)14(12)17)11-7-5-6-10(3)8-11/h5-9,15H,1-4H3. The lowest BCUT2D eigenvalue weighted by molar-refractivity contribution is 0.734. The zero-order valence-electron chi connectivity index (χ0n) is 10.7. The topological polar surface area (TPSA) is 37.8 Å². The van der Waals surface area contributed by atoms with Gasteiger partial charge in [0.2, 0.25) is 0 Å². The average molecular weight is 230 g/mol. The third kappa shape index (κ3) is 2.05. The van der Waals surface area contributed by atoms with E-state index in [1.54, 1.807) is 11.7 Å². The average Bonchev–Trinajstić information content (AvgIpc) is 2.55. The summed E-state index contributed by atoms with van der Waals surface area (Å²) in [4.78, 5) is 12.0. The van der Waals surface area contributed by atoms with Crippen LogP contribution < -0.4 is 5.56 Å². The van der Waals surface area contributed by atoms with E-state index in [0.29, 0.717) is 0 Å². The molecule has 2 rings (SSSR count). The Labute approximate surface area is 101 Å². The number of nitrogens with one attached hydrogen (secondary N) is 1. The molecule has 0 saturated heterocycles. The van der Waals surface area contributed by atoms with E-state index in [-0.39, 0.29) is 11.5 Å². The van der Waals surface area contributed by atoms with Gasteiger partial charge in [0.15, 0.2) is 0 Å². The first-order chi connectivity index (χ1) is 8.00. The minimum Gasteiger partial charge on any atom is -0.295 e. The predicted molar refractivity (Wildman–Crippen MR) is 70.3 cm³/mol. The lowest BCUT2D eigenvalue weighted by Crippen LogP contribution is -2.15. The summed E-state index contributed by atoms with van der Waals surface area (Å²) < 4.78 is 1.55. The number of aryl methyl sites for hydroxylation is 2. The maximum absolute atomic E-state index is 12.0. The van der Waals surface area contributed by atoms with Gasteiger partial charge in [-0.25, -0.2) is 0 Å². The number of hydrogen-bond donors (Lipinski definition) is 1. The summed E-state index contributed by atoms with van der Waals surface area (Å²) in [7, 11) is 1.76. The second-order valence-electron chi connectivity index (χ2n) is 4.79. The molecule has 90 valence electrons. The minimum atomic E-state index is 0.0662. The molecule has 0 atom stereocenters. The number of H-pyrrole nitrogens is 1. The number of aromatic nitrogens is 2. The first-order valence-corrected chi connectivity index (χ1v) is 5.86. The van der Waals surface area contributed by atoms with Gasteiger partial charge in [-0.3, -0.25) is 14.6 Å².